The zero-order valence-electron chi connectivity index (χ0n) is 9.86. The third-order valence-corrected chi connectivity index (χ3v) is 2.42. The van der Waals surface area contributed by atoms with E-state index in [0.29, 0.717) is 5.82 Å². The zero-order chi connectivity index (χ0) is 14.5. The number of non-ortho nitro benzene ring substituents is 1. The summed E-state index contributed by atoms with van der Waals surface area (Å²) in [7, 11) is 0. The molecule has 0 spiro atoms. The molecule has 2 aromatic rings. The topological polar surface area (TPSA) is 116 Å². The summed E-state index contributed by atoms with van der Waals surface area (Å²) in [6.45, 7) is 0. The minimum atomic E-state index is -0.588. The molecule has 0 saturated heterocycles. The minimum Gasteiger partial charge on any atom is -0.872 e. The van der Waals surface area contributed by atoms with Gasteiger partial charge in [0.05, 0.1) is 11.1 Å². The third kappa shape index (κ3) is 3.39. The number of aromatic nitrogens is 2. The Labute approximate surface area is 117 Å². The van der Waals surface area contributed by atoms with Crippen LogP contribution in [0.4, 0.5) is 11.5 Å². The number of nitrogens with one attached hydrogen (secondary N) is 1. The third-order valence-electron chi connectivity index (χ3n) is 2.22. The van der Waals surface area contributed by atoms with Crippen molar-refractivity contribution in [2.24, 2.45) is 5.10 Å². The number of halogens is 1. The summed E-state index contributed by atoms with van der Waals surface area (Å²) in [5.41, 5.74) is 2.43. The van der Waals surface area contributed by atoms with Gasteiger partial charge in [-0.3, -0.25) is 15.5 Å². The van der Waals surface area contributed by atoms with Crippen molar-refractivity contribution in [1.82, 2.24) is 10.2 Å². The molecule has 0 saturated carbocycles. The van der Waals surface area contributed by atoms with Gasteiger partial charge in [0.15, 0.2) is 11.0 Å². The number of nitrogens with zero attached hydrogens (tertiary/aromatic N) is 4. The molecule has 0 aliphatic heterocycles. The number of anilines is 1. The lowest BCUT2D eigenvalue weighted by atomic mass is 10.2. The fourth-order valence-corrected chi connectivity index (χ4v) is 1.39. The fourth-order valence-electron chi connectivity index (χ4n) is 1.29. The maximum Gasteiger partial charge on any atom is 0.270 e. The van der Waals surface area contributed by atoms with Gasteiger partial charge < -0.3 is 5.11 Å². The van der Waals surface area contributed by atoms with E-state index in [1.807, 2.05) is 0 Å². The zero-order valence-corrected chi connectivity index (χ0v) is 10.6. The van der Waals surface area contributed by atoms with Crippen LogP contribution >= 0.6 is 11.6 Å². The summed E-state index contributed by atoms with van der Waals surface area (Å²) >= 11 is 5.56. The largest absolute Gasteiger partial charge is 0.872 e. The predicted molar refractivity (Wildman–Crippen MR) is 70.8 cm³/mol. The number of hydrogen-bond donors (Lipinski definition) is 1. The summed E-state index contributed by atoms with van der Waals surface area (Å²) in [6, 6.07) is 6.44. The van der Waals surface area contributed by atoms with E-state index in [0.717, 1.165) is 18.2 Å². The molecule has 8 nitrogen and oxygen atoms in total. The highest BCUT2D eigenvalue weighted by Crippen LogP contribution is 2.19. The number of hydrogen-bond acceptors (Lipinski definition) is 7. The van der Waals surface area contributed by atoms with Crippen LogP contribution in [0.5, 0.6) is 5.75 Å². The number of nitro benzene ring substituents is 1. The molecule has 20 heavy (non-hydrogen) atoms. The van der Waals surface area contributed by atoms with Gasteiger partial charge in [0.1, 0.15) is 0 Å². The van der Waals surface area contributed by atoms with Gasteiger partial charge in [-0.05, 0) is 17.7 Å². The molecule has 0 aliphatic carbocycles. The van der Waals surface area contributed by atoms with E-state index in [1.54, 1.807) is 0 Å². The van der Waals surface area contributed by atoms with Crippen LogP contribution in [-0.2, 0) is 0 Å². The molecule has 1 heterocycles. The Morgan fingerprint density at radius 3 is 2.75 bits per heavy atom. The molecule has 0 radical (unpaired) electrons. The van der Waals surface area contributed by atoms with Gasteiger partial charge in [0, 0.05) is 12.1 Å². The van der Waals surface area contributed by atoms with Crippen molar-refractivity contribution in [3.63, 3.8) is 0 Å². The molecule has 2 rings (SSSR count). The van der Waals surface area contributed by atoms with Crippen LogP contribution in [0.3, 0.4) is 0 Å². The van der Waals surface area contributed by atoms with Crippen molar-refractivity contribution in [3.8, 4) is 5.75 Å². The Morgan fingerprint density at radius 1 is 1.30 bits per heavy atom. The first-order valence-corrected chi connectivity index (χ1v) is 5.68. The van der Waals surface area contributed by atoms with E-state index < -0.39 is 4.92 Å². The Bertz CT molecular complexity index is 660. The van der Waals surface area contributed by atoms with Crippen molar-refractivity contribution < 1.29 is 10.0 Å². The van der Waals surface area contributed by atoms with E-state index >= 15 is 0 Å². The van der Waals surface area contributed by atoms with E-state index in [1.165, 1.54) is 18.3 Å². The quantitative estimate of drug-likeness (QED) is 0.519. The Morgan fingerprint density at radius 2 is 2.10 bits per heavy atom. The molecule has 0 unspecified atom stereocenters. The van der Waals surface area contributed by atoms with Crippen molar-refractivity contribution >= 4 is 29.3 Å². The van der Waals surface area contributed by atoms with E-state index in [9.17, 15) is 15.2 Å². The molecule has 1 aromatic carbocycles. The van der Waals surface area contributed by atoms with Gasteiger partial charge in [0.2, 0.25) is 0 Å². The van der Waals surface area contributed by atoms with Crippen molar-refractivity contribution in [3.05, 3.63) is 51.2 Å². The average Bonchev–Trinajstić information content (AvgIpc) is 2.43. The van der Waals surface area contributed by atoms with E-state index in [2.05, 4.69) is 20.7 Å². The highest BCUT2D eigenvalue weighted by atomic mass is 35.5. The molecule has 0 amide bonds. The summed E-state index contributed by atoms with van der Waals surface area (Å²) in [4.78, 5) is 10.0. The van der Waals surface area contributed by atoms with Crippen molar-refractivity contribution in [2.45, 2.75) is 0 Å². The fraction of sp³-hybridized carbons (Fsp3) is 0. The Balaban J connectivity index is 2.12. The first kappa shape index (κ1) is 13.7. The summed E-state index contributed by atoms with van der Waals surface area (Å²) < 4.78 is 0. The lowest BCUT2D eigenvalue weighted by molar-refractivity contribution is -0.385. The van der Waals surface area contributed by atoms with Crippen LogP contribution in [0.1, 0.15) is 5.56 Å². The molecule has 0 fully saturated rings. The molecule has 0 atom stereocenters. The van der Waals surface area contributed by atoms with Crippen LogP contribution in [0.2, 0.25) is 5.15 Å². The molecule has 1 aromatic heterocycles. The van der Waals surface area contributed by atoms with E-state index in [4.69, 9.17) is 11.6 Å². The maximum atomic E-state index is 11.5. The van der Waals surface area contributed by atoms with Crippen LogP contribution < -0.4 is 10.5 Å². The van der Waals surface area contributed by atoms with Gasteiger partial charge in [-0.25, -0.2) is 0 Å². The van der Waals surface area contributed by atoms with Crippen molar-refractivity contribution in [2.75, 3.05) is 5.43 Å². The van der Waals surface area contributed by atoms with Crippen LogP contribution in [0, 0.1) is 10.1 Å². The number of rotatable bonds is 4. The van der Waals surface area contributed by atoms with Crippen LogP contribution in [0.25, 0.3) is 0 Å². The number of hydrazone groups is 1. The molecule has 9 heteroatoms. The van der Waals surface area contributed by atoms with E-state index in [-0.39, 0.29) is 22.2 Å². The highest BCUT2D eigenvalue weighted by Gasteiger charge is 2.05. The first-order chi connectivity index (χ1) is 9.56. The van der Waals surface area contributed by atoms with Crippen LogP contribution in [-0.4, -0.2) is 21.3 Å². The molecular weight excluding hydrogens is 286 g/mol. The maximum absolute atomic E-state index is 11.5. The first-order valence-electron chi connectivity index (χ1n) is 5.30. The Kier molecular flexibility index (Phi) is 4.06. The second-order valence-electron chi connectivity index (χ2n) is 3.59. The normalized spacial score (nSPS) is 10.7. The monoisotopic (exact) mass is 292 g/mol. The molecule has 102 valence electrons. The molecule has 0 aliphatic rings. The second kappa shape index (κ2) is 5.93. The Hall–Kier alpha value is -2.74. The average molecular weight is 293 g/mol. The number of benzene rings is 1. The van der Waals surface area contributed by atoms with Gasteiger partial charge in [0.25, 0.3) is 5.69 Å². The lowest BCUT2D eigenvalue weighted by Gasteiger charge is -2.08. The van der Waals surface area contributed by atoms with Gasteiger partial charge in [-0.1, -0.05) is 23.4 Å². The summed E-state index contributed by atoms with van der Waals surface area (Å²) in [6.07, 6.45) is 1.17. The van der Waals surface area contributed by atoms with Gasteiger partial charge in [-0.2, -0.15) is 5.10 Å². The molecular formula is C11H7ClN5O3-. The second-order valence-corrected chi connectivity index (χ2v) is 3.98. The standard InChI is InChI=1S/C11H8ClN5O3/c12-10-3-4-11(16-14-10)15-13-6-7-5-8(17(19)20)1-2-9(7)18/h1-6,18H,(H,15,16)/p-1/b13-6-. The predicted octanol–water partition coefficient (Wildman–Crippen LogP) is 1.56. The summed E-state index contributed by atoms with van der Waals surface area (Å²) in [5, 5.41) is 33.4. The van der Waals surface area contributed by atoms with Gasteiger partial charge in [-0.15, -0.1) is 10.2 Å². The molecule has 1 N–H and O–H groups in total. The number of nitro groups is 1. The van der Waals surface area contributed by atoms with Gasteiger partial charge >= 0.3 is 0 Å². The van der Waals surface area contributed by atoms with Crippen molar-refractivity contribution in [1.29, 1.82) is 0 Å². The molecule has 0 bridgehead atoms. The summed E-state index contributed by atoms with van der Waals surface area (Å²) in [5.74, 6) is -0.0492. The SMILES string of the molecule is O=[N+]([O-])c1ccc([O-])c(/C=N\Nc2ccc(Cl)nn2)c1. The minimum absolute atomic E-state index is 0.0913. The lowest BCUT2D eigenvalue weighted by Crippen LogP contribution is -2.00. The highest BCUT2D eigenvalue weighted by molar-refractivity contribution is 6.29. The van der Waals surface area contributed by atoms with Crippen LogP contribution in [0.15, 0.2) is 35.4 Å². The smallest absolute Gasteiger partial charge is 0.270 e.